The van der Waals surface area contributed by atoms with E-state index in [9.17, 15) is 0 Å². The van der Waals surface area contributed by atoms with E-state index in [4.69, 9.17) is 4.99 Å². The molecule has 2 aromatic carbocycles. The Labute approximate surface area is 166 Å². The van der Waals surface area contributed by atoms with Crippen LogP contribution in [0.15, 0.2) is 59.6 Å². The van der Waals surface area contributed by atoms with Crippen LogP contribution in [0, 0.1) is 13.8 Å². The molecule has 0 aliphatic rings. The lowest BCUT2D eigenvalue weighted by molar-refractivity contribution is 0.471. The Bertz CT molecular complexity index is 929. The molecule has 1 aromatic heterocycles. The molecule has 0 unspecified atom stereocenters. The van der Waals surface area contributed by atoms with Crippen LogP contribution in [0.2, 0.25) is 0 Å². The average molecular weight is 377 g/mol. The number of guanidine groups is 1. The Morgan fingerprint density at radius 2 is 1.75 bits per heavy atom. The predicted molar refractivity (Wildman–Crippen MR) is 113 cm³/mol. The van der Waals surface area contributed by atoms with Gasteiger partial charge in [-0.1, -0.05) is 54.6 Å². The topological polar surface area (TPSA) is 58.3 Å². The van der Waals surface area contributed by atoms with Gasteiger partial charge in [-0.05, 0) is 30.5 Å². The second kappa shape index (κ2) is 9.17. The molecule has 0 saturated carbocycles. The first kappa shape index (κ1) is 19.6. The molecule has 0 spiro atoms. The van der Waals surface area contributed by atoms with Gasteiger partial charge >= 0.3 is 0 Å². The molecule has 3 rings (SSSR count). The van der Waals surface area contributed by atoms with E-state index in [-0.39, 0.29) is 0 Å². The molecule has 0 saturated heterocycles. The summed E-state index contributed by atoms with van der Waals surface area (Å²) in [5.74, 6) is 2.62. The fraction of sp³-hybridized carbons (Fsp3) is 0.318. The maximum atomic E-state index is 4.85. The molecule has 0 bridgehead atoms. The highest BCUT2D eigenvalue weighted by Gasteiger charge is 2.11. The van der Waals surface area contributed by atoms with Crippen molar-refractivity contribution < 1.29 is 0 Å². The molecule has 3 aromatic rings. The number of rotatable bonds is 6. The summed E-state index contributed by atoms with van der Waals surface area (Å²) in [6.45, 7) is 6.07. The quantitative estimate of drug-likeness (QED) is 0.530. The highest BCUT2D eigenvalue weighted by Crippen LogP contribution is 2.10. The fourth-order valence-corrected chi connectivity index (χ4v) is 2.94. The van der Waals surface area contributed by atoms with Gasteiger partial charge in [0.25, 0.3) is 0 Å². The Balaban J connectivity index is 1.76. The third-order valence-corrected chi connectivity index (χ3v) is 4.87. The second-order valence-corrected chi connectivity index (χ2v) is 6.98. The molecule has 1 heterocycles. The number of nitrogens with one attached hydrogen (secondary N) is 1. The lowest BCUT2D eigenvalue weighted by Crippen LogP contribution is -2.38. The Hall–Kier alpha value is -3.15. The van der Waals surface area contributed by atoms with Crippen molar-refractivity contribution in [2.75, 3.05) is 7.05 Å². The number of hydrogen-bond acceptors (Lipinski definition) is 3. The number of aryl methyl sites for hydroxylation is 2. The van der Waals surface area contributed by atoms with Crippen molar-refractivity contribution in [2.45, 2.75) is 33.5 Å². The second-order valence-electron chi connectivity index (χ2n) is 6.98. The normalized spacial score (nSPS) is 11.5. The van der Waals surface area contributed by atoms with E-state index in [0.29, 0.717) is 13.1 Å². The van der Waals surface area contributed by atoms with Crippen LogP contribution in [-0.4, -0.2) is 32.7 Å². The van der Waals surface area contributed by atoms with E-state index < -0.39 is 0 Å². The summed E-state index contributed by atoms with van der Waals surface area (Å²) in [7, 11) is 4.04. The largest absolute Gasteiger partial charge is 0.349 e. The summed E-state index contributed by atoms with van der Waals surface area (Å²) in [4.78, 5) is 6.99. The number of hydrogen-bond donors (Lipinski definition) is 1. The molecule has 0 aliphatic heterocycles. The number of benzene rings is 2. The maximum absolute atomic E-state index is 4.85. The fourth-order valence-electron chi connectivity index (χ4n) is 2.94. The van der Waals surface area contributed by atoms with E-state index in [0.717, 1.165) is 24.2 Å². The van der Waals surface area contributed by atoms with Gasteiger partial charge in [0.05, 0.1) is 13.1 Å². The molecule has 6 nitrogen and oxygen atoms in total. The molecule has 0 amide bonds. The molecule has 1 N–H and O–H groups in total. The smallest absolute Gasteiger partial charge is 0.194 e. The average Bonchev–Trinajstić information content (AvgIpc) is 3.02. The first-order valence-corrected chi connectivity index (χ1v) is 9.47. The van der Waals surface area contributed by atoms with Crippen molar-refractivity contribution >= 4 is 5.96 Å². The summed E-state index contributed by atoms with van der Waals surface area (Å²) in [6.07, 6.45) is 0. The maximum Gasteiger partial charge on any atom is 0.194 e. The van der Waals surface area contributed by atoms with E-state index >= 15 is 0 Å². The zero-order valence-electron chi connectivity index (χ0n) is 17.1. The molecular weight excluding hydrogens is 348 g/mol. The summed E-state index contributed by atoms with van der Waals surface area (Å²) in [6, 6.07) is 18.7. The standard InChI is InChI=1S/C22H28N6/c1-17-10-8-9-13-20(17)16-27(3)22(23-14-19-11-6-5-7-12-19)24-15-21-26-25-18(2)28(21)4/h5-13H,14-16H2,1-4H3,(H,23,24). The van der Waals surface area contributed by atoms with E-state index in [1.807, 2.05) is 36.7 Å². The Kier molecular flexibility index (Phi) is 6.42. The van der Waals surface area contributed by atoms with Gasteiger partial charge in [0.1, 0.15) is 5.82 Å². The lowest BCUT2D eigenvalue weighted by Gasteiger charge is -2.23. The molecule has 6 heteroatoms. The van der Waals surface area contributed by atoms with Crippen LogP contribution in [0.3, 0.4) is 0 Å². The summed E-state index contributed by atoms with van der Waals surface area (Å²) in [5, 5.41) is 11.8. The monoisotopic (exact) mass is 376 g/mol. The van der Waals surface area contributed by atoms with Gasteiger partial charge < -0.3 is 14.8 Å². The summed E-state index contributed by atoms with van der Waals surface area (Å²) < 4.78 is 1.99. The minimum Gasteiger partial charge on any atom is -0.349 e. The molecule has 146 valence electrons. The Morgan fingerprint density at radius 1 is 1.04 bits per heavy atom. The SMILES string of the molecule is Cc1ccccc1CN(C)C(=NCc1ccccc1)NCc1nnc(C)n1C. The minimum atomic E-state index is 0.572. The third kappa shape index (κ3) is 4.97. The van der Waals surface area contributed by atoms with Crippen molar-refractivity contribution in [3.8, 4) is 0 Å². The van der Waals surface area contributed by atoms with Crippen LogP contribution in [0.25, 0.3) is 0 Å². The first-order valence-electron chi connectivity index (χ1n) is 9.47. The number of nitrogens with zero attached hydrogens (tertiary/aromatic N) is 5. The van der Waals surface area contributed by atoms with E-state index in [1.165, 1.54) is 16.7 Å². The molecule has 28 heavy (non-hydrogen) atoms. The van der Waals surface area contributed by atoms with Gasteiger partial charge in [0, 0.05) is 20.6 Å². The van der Waals surface area contributed by atoms with Crippen LogP contribution in [0.5, 0.6) is 0 Å². The first-order chi connectivity index (χ1) is 13.5. The highest BCUT2D eigenvalue weighted by molar-refractivity contribution is 5.79. The van der Waals surface area contributed by atoms with E-state index in [2.05, 4.69) is 70.8 Å². The van der Waals surface area contributed by atoms with Crippen molar-refractivity contribution in [1.29, 1.82) is 0 Å². The van der Waals surface area contributed by atoms with Crippen molar-refractivity contribution in [1.82, 2.24) is 25.0 Å². The van der Waals surface area contributed by atoms with Crippen molar-refractivity contribution in [3.63, 3.8) is 0 Å². The van der Waals surface area contributed by atoms with Crippen molar-refractivity contribution in [3.05, 3.63) is 82.9 Å². The van der Waals surface area contributed by atoms with Crippen molar-refractivity contribution in [2.24, 2.45) is 12.0 Å². The van der Waals surface area contributed by atoms with Gasteiger partial charge in [0.15, 0.2) is 11.8 Å². The zero-order valence-corrected chi connectivity index (χ0v) is 17.1. The summed E-state index contributed by atoms with van der Waals surface area (Å²) in [5.41, 5.74) is 3.75. The van der Waals surface area contributed by atoms with Gasteiger partial charge in [-0.15, -0.1) is 10.2 Å². The van der Waals surface area contributed by atoms with Gasteiger partial charge in [0.2, 0.25) is 0 Å². The van der Waals surface area contributed by atoms with Crippen LogP contribution in [-0.2, 0) is 26.7 Å². The van der Waals surface area contributed by atoms with Crippen LogP contribution in [0.4, 0.5) is 0 Å². The Morgan fingerprint density at radius 3 is 2.43 bits per heavy atom. The molecule has 0 aliphatic carbocycles. The predicted octanol–water partition coefficient (Wildman–Crippen LogP) is 3.21. The molecule has 0 radical (unpaired) electrons. The highest BCUT2D eigenvalue weighted by atomic mass is 15.3. The minimum absolute atomic E-state index is 0.572. The number of aliphatic imine (C=N–C) groups is 1. The van der Waals surface area contributed by atoms with Crippen LogP contribution in [0.1, 0.15) is 28.3 Å². The van der Waals surface area contributed by atoms with Crippen LogP contribution >= 0.6 is 0 Å². The van der Waals surface area contributed by atoms with Gasteiger partial charge in [-0.25, -0.2) is 4.99 Å². The van der Waals surface area contributed by atoms with Crippen LogP contribution < -0.4 is 5.32 Å². The summed E-state index contributed by atoms with van der Waals surface area (Å²) >= 11 is 0. The molecule has 0 atom stereocenters. The molecular formula is C22H28N6. The van der Waals surface area contributed by atoms with Gasteiger partial charge in [-0.2, -0.15) is 0 Å². The van der Waals surface area contributed by atoms with Gasteiger partial charge in [-0.3, -0.25) is 0 Å². The lowest BCUT2D eigenvalue weighted by atomic mass is 10.1. The van der Waals surface area contributed by atoms with E-state index in [1.54, 1.807) is 0 Å². The zero-order chi connectivity index (χ0) is 19.9. The molecule has 0 fully saturated rings. The number of aromatic nitrogens is 3. The third-order valence-electron chi connectivity index (χ3n) is 4.87.